The first-order chi connectivity index (χ1) is 12.2. The Bertz CT molecular complexity index is 1000. The number of hydrogen-bond acceptors (Lipinski definition) is 3. The van der Waals surface area contributed by atoms with Crippen molar-refractivity contribution in [2.45, 2.75) is 12.8 Å². The maximum atomic E-state index is 13.3. The molecule has 3 aromatic rings. The lowest BCUT2D eigenvalue weighted by atomic mass is 10.1. The summed E-state index contributed by atoms with van der Waals surface area (Å²) >= 11 is 7.86. The van der Waals surface area contributed by atoms with E-state index in [1.807, 2.05) is 22.6 Å². The third-order valence-electron chi connectivity index (χ3n) is 3.74. The molecule has 4 nitrogen and oxygen atoms in total. The summed E-state index contributed by atoms with van der Waals surface area (Å²) in [6.45, 7) is 0.297. The lowest BCUT2D eigenvalue weighted by Crippen LogP contribution is -2.20. The number of nitrogens with zero attached hydrogens (tertiary/aromatic N) is 2. The number of methoxy groups -OCH3 is 1. The number of halogens is 5. The summed E-state index contributed by atoms with van der Waals surface area (Å²) in [4.78, 5) is 12.9. The van der Waals surface area contributed by atoms with Gasteiger partial charge in [0.05, 0.1) is 28.3 Å². The van der Waals surface area contributed by atoms with Gasteiger partial charge in [-0.2, -0.15) is 23.0 Å². The van der Waals surface area contributed by atoms with Crippen LogP contribution in [0.25, 0.3) is 10.9 Å². The van der Waals surface area contributed by atoms with Crippen LogP contribution in [0.15, 0.2) is 36.4 Å². The van der Waals surface area contributed by atoms with Crippen LogP contribution in [0.5, 0.6) is 0 Å². The number of fused-ring (bicyclic) bond motifs is 1. The molecule has 0 aliphatic carbocycles. The summed E-state index contributed by atoms with van der Waals surface area (Å²) in [6.07, 6.45) is -4.72. The smallest absolute Gasteiger partial charge is 0.380 e. The zero-order valence-corrected chi connectivity index (χ0v) is 16.2. The van der Waals surface area contributed by atoms with Gasteiger partial charge in [-0.25, -0.2) is 0 Å². The van der Waals surface area contributed by atoms with E-state index in [1.54, 1.807) is 18.2 Å². The van der Waals surface area contributed by atoms with Crippen molar-refractivity contribution in [2.75, 3.05) is 7.11 Å². The molecule has 0 spiro atoms. The van der Waals surface area contributed by atoms with Crippen LogP contribution in [0.1, 0.15) is 21.5 Å². The number of benzene rings is 2. The van der Waals surface area contributed by atoms with Gasteiger partial charge in [-0.15, -0.1) is 0 Å². The molecule has 3 rings (SSSR count). The Morgan fingerprint density at radius 3 is 2.69 bits per heavy atom. The lowest BCUT2D eigenvalue weighted by molar-refractivity contribution is -0.137. The fourth-order valence-electron chi connectivity index (χ4n) is 2.62. The number of carbonyl (C=O) groups is 1. The Kier molecular flexibility index (Phi) is 5.27. The molecule has 0 fully saturated rings. The van der Waals surface area contributed by atoms with E-state index < -0.39 is 23.2 Å². The molecular formula is C17H11ClF3IN2O2. The minimum atomic E-state index is -4.72. The predicted octanol–water partition coefficient (Wildman–Crippen LogP) is 5.15. The Morgan fingerprint density at radius 2 is 2.04 bits per heavy atom. The molecule has 0 radical (unpaired) electrons. The lowest BCUT2D eigenvalue weighted by Gasteiger charge is -2.13. The third kappa shape index (κ3) is 3.45. The monoisotopic (exact) mass is 494 g/mol. The SMILES string of the molecule is COCc1ccc2c(I)nn(C(=O)c3c(Cl)cccc3C(F)(F)F)c2c1. The van der Waals surface area contributed by atoms with Crippen molar-refractivity contribution in [2.24, 2.45) is 0 Å². The van der Waals surface area contributed by atoms with Gasteiger partial charge in [-0.1, -0.05) is 23.7 Å². The number of alkyl halides is 3. The van der Waals surface area contributed by atoms with Crippen molar-refractivity contribution in [3.63, 3.8) is 0 Å². The van der Waals surface area contributed by atoms with Gasteiger partial charge in [-0.05, 0) is 52.4 Å². The van der Waals surface area contributed by atoms with Crippen LogP contribution in [0.4, 0.5) is 13.2 Å². The standard InChI is InChI=1S/C17H11ClF3IN2O2/c1-26-8-9-5-6-10-13(7-9)24(23-15(10)22)16(25)14-11(17(19,20)21)3-2-4-12(14)18/h2-7H,8H2,1H3. The number of aromatic nitrogens is 2. The molecule has 1 aromatic heterocycles. The van der Waals surface area contributed by atoms with Crippen molar-refractivity contribution < 1.29 is 22.7 Å². The Labute approximate surface area is 165 Å². The summed E-state index contributed by atoms with van der Waals surface area (Å²) in [5.74, 6) is -0.939. The van der Waals surface area contributed by atoms with Crippen molar-refractivity contribution in [3.8, 4) is 0 Å². The zero-order chi connectivity index (χ0) is 19.1. The molecule has 0 N–H and O–H groups in total. The van der Waals surface area contributed by atoms with Crippen LogP contribution in [0.3, 0.4) is 0 Å². The van der Waals surface area contributed by atoms with Crippen molar-refractivity contribution in [1.82, 2.24) is 9.78 Å². The summed E-state index contributed by atoms with van der Waals surface area (Å²) in [5, 5.41) is 4.49. The molecule has 2 aromatic carbocycles. The van der Waals surface area contributed by atoms with Crippen LogP contribution in [-0.2, 0) is 17.5 Å². The van der Waals surface area contributed by atoms with Gasteiger partial charge in [0.25, 0.3) is 5.91 Å². The molecule has 0 amide bonds. The molecule has 9 heteroatoms. The minimum absolute atomic E-state index is 0.281. The second-order valence-electron chi connectivity index (χ2n) is 5.45. The van der Waals surface area contributed by atoms with Crippen LogP contribution in [-0.4, -0.2) is 22.8 Å². The van der Waals surface area contributed by atoms with Crippen molar-refractivity contribution in [3.05, 3.63) is 61.8 Å². The fraction of sp³-hybridized carbons (Fsp3) is 0.176. The molecule has 0 atom stereocenters. The Morgan fingerprint density at radius 1 is 1.31 bits per heavy atom. The highest BCUT2D eigenvalue weighted by molar-refractivity contribution is 14.1. The summed E-state index contributed by atoms with van der Waals surface area (Å²) in [5.41, 5.74) is -0.566. The molecule has 0 saturated carbocycles. The summed E-state index contributed by atoms with van der Waals surface area (Å²) in [6, 6.07) is 8.45. The number of ether oxygens (including phenoxy) is 1. The summed E-state index contributed by atoms with van der Waals surface area (Å²) in [7, 11) is 1.52. The van der Waals surface area contributed by atoms with Gasteiger partial charge in [0.15, 0.2) is 0 Å². The Balaban J connectivity index is 2.22. The van der Waals surface area contributed by atoms with Gasteiger partial charge in [0.1, 0.15) is 3.70 Å². The van der Waals surface area contributed by atoms with E-state index in [4.69, 9.17) is 16.3 Å². The highest BCUT2D eigenvalue weighted by atomic mass is 127. The van der Waals surface area contributed by atoms with Gasteiger partial charge < -0.3 is 4.74 Å². The van der Waals surface area contributed by atoms with Crippen molar-refractivity contribution in [1.29, 1.82) is 0 Å². The molecule has 0 aliphatic heterocycles. The van der Waals surface area contributed by atoms with Crippen molar-refractivity contribution >= 4 is 51.0 Å². The van der Waals surface area contributed by atoms with E-state index in [0.717, 1.165) is 22.4 Å². The first kappa shape index (κ1) is 19.1. The molecule has 0 unspecified atom stereocenters. The number of rotatable bonds is 3. The van der Waals surface area contributed by atoms with E-state index >= 15 is 0 Å². The van der Waals surface area contributed by atoms with Crippen LogP contribution in [0, 0.1) is 3.70 Å². The highest BCUT2D eigenvalue weighted by Gasteiger charge is 2.37. The highest BCUT2D eigenvalue weighted by Crippen LogP contribution is 2.36. The minimum Gasteiger partial charge on any atom is -0.380 e. The average Bonchev–Trinajstić information content (AvgIpc) is 2.90. The van der Waals surface area contributed by atoms with Crippen LogP contribution in [0.2, 0.25) is 5.02 Å². The molecule has 1 heterocycles. The van der Waals surface area contributed by atoms with E-state index in [0.29, 0.717) is 21.2 Å². The second kappa shape index (κ2) is 7.16. The van der Waals surface area contributed by atoms with Gasteiger partial charge in [-0.3, -0.25) is 4.79 Å². The summed E-state index contributed by atoms with van der Waals surface area (Å²) < 4.78 is 46.5. The second-order valence-corrected chi connectivity index (χ2v) is 6.88. The average molecular weight is 495 g/mol. The van der Waals surface area contributed by atoms with E-state index in [2.05, 4.69) is 5.10 Å². The van der Waals surface area contributed by atoms with Gasteiger partial charge in [0, 0.05) is 12.5 Å². The molecule has 136 valence electrons. The quantitative estimate of drug-likeness (QED) is 0.473. The largest absolute Gasteiger partial charge is 0.417 e. The van der Waals surface area contributed by atoms with E-state index in [9.17, 15) is 18.0 Å². The van der Waals surface area contributed by atoms with Gasteiger partial charge >= 0.3 is 6.18 Å². The molecule has 0 saturated heterocycles. The first-order valence-electron chi connectivity index (χ1n) is 7.30. The first-order valence-corrected chi connectivity index (χ1v) is 8.76. The van der Waals surface area contributed by atoms with Crippen LogP contribution < -0.4 is 0 Å². The number of carbonyl (C=O) groups excluding carboxylic acids is 1. The normalized spacial score (nSPS) is 11.9. The van der Waals surface area contributed by atoms with E-state index in [-0.39, 0.29) is 5.02 Å². The molecule has 0 bridgehead atoms. The Hall–Kier alpha value is -1.65. The van der Waals surface area contributed by atoms with Crippen LogP contribution >= 0.6 is 34.2 Å². The molecular weight excluding hydrogens is 484 g/mol. The molecule has 26 heavy (non-hydrogen) atoms. The fourth-order valence-corrected chi connectivity index (χ4v) is 3.54. The number of hydrogen-bond donors (Lipinski definition) is 0. The maximum Gasteiger partial charge on any atom is 0.417 e. The maximum absolute atomic E-state index is 13.3. The van der Waals surface area contributed by atoms with Gasteiger partial charge in [0.2, 0.25) is 0 Å². The third-order valence-corrected chi connectivity index (χ3v) is 4.85. The predicted molar refractivity (Wildman–Crippen MR) is 99.3 cm³/mol. The zero-order valence-electron chi connectivity index (χ0n) is 13.3. The molecule has 0 aliphatic rings. The topological polar surface area (TPSA) is 44.1 Å². The van der Waals surface area contributed by atoms with E-state index in [1.165, 1.54) is 13.2 Å².